The average molecular weight is 244 g/mol. The van der Waals surface area contributed by atoms with Crippen LogP contribution in [0.3, 0.4) is 0 Å². The van der Waals surface area contributed by atoms with Crippen LogP contribution in [0.1, 0.15) is 31.5 Å². The minimum Gasteiger partial charge on any atom is -0.397 e. The average Bonchev–Trinajstić information content (AvgIpc) is 2.84. The molecular weight excluding hydrogens is 224 g/mol. The van der Waals surface area contributed by atoms with Gasteiger partial charge in [-0.1, -0.05) is 6.92 Å². The Bertz CT molecular complexity index is 538. The molecule has 0 saturated carbocycles. The van der Waals surface area contributed by atoms with Crippen molar-refractivity contribution >= 4 is 11.2 Å². The predicted molar refractivity (Wildman–Crippen MR) is 73.7 cm³/mol. The highest BCUT2D eigenvalue weighted by Gasteiger charge is 2.23. The molecule has 2 N–H and O–H groups in total. The van der Waals surface area contributed by atoms with E-state index in [1.54, 1.807) is 0 Å². The van der Waals surface area contributed by atoms with E-state index in [9.17, 15) is 0 Å². The molecule has 1 aliphatic heterocycles. The maximum atomic E-state index is 5.97. The van der Waals surface area contributed by atoms with E-state index < -0.39 is 0 Å². The second-order valence-electron chi connectivity index (χ2n) is 5.04. The Morgan fingerprint density at radius 2 is 2.17 bits per heavy atom. The number of hydrogen-bond donors (Lipinski definition) is 1. The van der Waals surface area contributed by atoms with E-state index in [0.717, 1.165) is 17.7 Å². The Morgan fingerprint density at radius 1 is 1.39 bits per heavy atom. The maximum absolute atomic E-state index is 5.97. The summed E-state index contributed by atoms with van der Waals surface area (Å²) >= 11 is 0. The zero-order valence-corrected chi connectivity index (χ0v) is 10.8. The van der Waals surface area contributed by atoms with E-state index in [0.29, 0.717) is 5.92 Å². The molecule has 0 bridgehead atoms. The molecule has 18 heavy (non-hydrogen) atoms. The van der Waals surface area contributed by atoms with Crippen LogP contribution >= 0.6 is 0 Å². The first-order chi connectivity index (χ1) is 8.79. The normalized spacial score (nSPS) is 18.5. The Balaban J connectivity index is 1.89. The number of fused-ring (bicyclic) bond motifs is 1. The molecule has 0 aliphatic carbocycles. The molecule has 0 aromatic carbocycles. The van der Waals surface area contributed by atoms with Crippen molar-refractivity contribution in [1.82, 2.24) is 14.3 Å². The van der Waals surface area contributed by atoms with Gasteiger partial charge in [-0.3, -0.25) is 0 Å². The number of anilines is 1. The second-order valence-corrected chi connectivity index (χ2v) is 5.04. The molecule has 2 aromatic rings. The molecule has 2 aromatic heterocycles. The lowest BCUT2D eigenvalue weighted by atomic mass is 9.96. The van der Waals surface area contributed by atoms with Crippen LogP contribution in [-0.4, -0.2) is 33.9 Å². The number of piperidine rings is 1. The van der Waals surface area contributed by atoms with Crippen molar-refractivity contribution in [3.63, 3.8) is 0 Å². The molecule has 0 spiro atoms. The number of rotatable bonds is 2. The van der Waals surface area contributed by atoms with Gasteiger partial charge in [0, 0.05) is 12.1 Å². The van der Waals surface area contributed by atoms with Gasteiger partial charge in [0.25, 0.3) is 0 Å². The summed E-state index contributed by atoms with van der Waals surface area (Å²) in [7, 11) is 0. The van der Waals surface area contributed by atoms with Crippen molar-refractivity contribution in [2.45, 2.75) is 25.7 Å². The number of hydrogen-bond acceptors (Lipinski definition) is 3. The van der Waals surface area contributed by atoms with Gasteiger partial charge >= 0.3 is 0 Å². The minimum atomic E-state index is 0.567. The number of imidazole rings is 1. The summed E-state index contributed by atoms with van der Waals surface area (Å²) in [5, 5.41) is 0. The predicted octanol–water partition coefficient (Wildman–Crippen LogP) is 2.12. The lowest BCUT2D eigenvalue weighted by molar-refractivity contribution is 0.219. The third kappa shape index (κ3) is 1.86. The molecule has 4 heteroatoms. The fourth-order valence-corrected chi connectivity index (χ4v) is 2.87. The topological polar surface area (TPSA) is 46.6 Å². The van der Waals surface area contributed by atoms with Crippen LogP contribution in [0.2, 0.25) is 0 Å². The smallest absolute Gasteiger partial charge is 0.116 e. The van der Waals surface area contributed by atoms with Crippen LogP contribution in [-0.2, 0) is 0 Å². The highest BCUT2D eigenvalue weighted by molar-refractivity contribution is 5.68. The zero-order valence-electron chi connectivity index (χ0n) is 10.8. The Hall–Kier alpha value is -1.55. The molecule has 96 valence electrons. The Labute approximate surface area is 107 Å². The van der Waals surface area contributed by atoms with E-state index in [1.165, 1.54) is 31.8 Å². The van der Waals surface area contributed by atoms with Gasteiger partial charge in [-0.05, 0) is 44.6 Å². The second kappa shape index (κ2) is 4.61. The largest absolute Gasteiger partial charge is 0.397 e. The van der Waals surface area contributed by atoms with Gasteiger partial charge in [-0.15, -0.1) is 0 Å². The first-order valence-electron chi connectivity index (χ1n) is 6.73. The molecular formula is C14H20N4. The van der Waals surface area contributed by atoms with Crippen LogP contribution < -0.4 is 5.73 Å². The van der Waals surface area contributed by atoms with Crippen LogP contribution in [0, 0.1) is 0 Å². The monoisotopic (exact) mass is 244 g/mol. The first kappa shape index (κ1) is 11.5. The first-order valence-corrected chi connectivity index (χ1v) is 6.73. The third-order valence-corrected chi connectivity index (χ3v) is 4.03. The molecule has 0 unspecified atom stereocenters. The minimum absolute atomic E-state index is 0.567. The van der Waals surface area contributed by atoms with Gasteiger partial charge in [-0.25, -0.2) is 4.98 Å². The van der Waals surface area contributed by atoms with Gasteiger partial charge in [0.2, 0.25) is 0 Å². The van der Waals surface area contributed by atoms with E-state index in [4.69, 9.17) is 5.73 Å². The van der Waals surface area contributed by atoms with E-state index >= 15 is 0 Å². The zero-order chi connectivity index (χ0) is 12.5. The fourth-order valence-electron chi connectivity index (χ4n) is 2.87. The van der Waals surface area contributed by atoms with Gasteiger partial charge in [-0.2, -0.15) is 0 Å². The molecule has 0 radical (unpaired) electrons. The molecule has 4 nitrogen and oxygen atoms in total. The maximum Gasteiger partial charge on any atom is 0.116 e. The standard InChI is InChI=1S/C14H20N4/c1-2-17-8-5-11(6-9-17)14-16-10-13-12(15)4-3-7-18(13)14/h3-4,7,10-11H,2,5-6,8-9,15H2,1H3. The summed E-state index contributed by atoms with van der Waals surface area (Å²) in [5.74, 6) is 1.74. The Morgan fingerprint density at radius 3 is 2.89 bits per heavy atom. The van der Waals surface area contributed by atoms with Crippen LogP contribution in [0.25, 0.3) is 5.52 Å². The van der Waals surface area contributed by atoms with Crippen molar-refractivity contribution in [1.29, 1.82) is 0 Å². The molecule has 3 heterocycles. The summed E-state index contributed by atoms with van der Waals surface area (Å²) in [6.07, 6.45) is 6.36. The number of nitrogen functional groups attached to an aromatic ring is 1. The van der Waals surface area contributed by atoms with Gasteiger partial charge in [0.05, 0.1) is 17.4 Å². The van der Waals surface area contributed by atoms with Gasteiger partial charge in [0.15, 0.2) is 0 Å². The van der Waals surface area contributed by atoms with Crippen molar-refractivity contribution in [3.05, 3.63) is 30.4 Å². The summed E-state index contributed by atoms with van der Waals surface area (Å²) in [6.45, 7) is 5.74. The molecule has 1 fully saturated rings. The lowest BCUT2D eigenvalue weighted by Crippen LogP contribution is -2.33. The number of nitrogens with two attached hydrogens (primary N) is 1. The number of aromatic nitrogens is 2. The van der Waals surface area contributed by atoms with Gasteiger partial charge < -0.3 is 15.0 Å². The number of likely N-dealkylation sites (tertiary alicyclic amines) is 1. The summed E-state index contributed by atoms with van der Waals surface area (Å²) in [6, 6.07) is 3.93. The van der Waals surface area contributed by atoms with Crippen molar-refractivity contribution in [3.8, 4) is 0 Å². The third-order valence-electron chi connectivity index (χ3n) is 4.03. The lowest BCUT2D eigenvalue weighted by Gasteiger charge is -2.30. The van der Waals surface area contributed by atoms with Crippen LogP contribution in [0.4, 0.5) is 5.69 Å². The number of nitrogens with zero attached hydrogens (tertiary/aromatic N) is 3. The van der Waals surface area contributed by atoms with Gasteiger partial charge in [0.1, 0.15) is 5.82 Å². The molecule has 3 rings (SSSR count). The van der Waals surface area contributed by atoms with Crippen LogP contribution in [0.5, 0.6) is 0 Å². The molecule has 0 atom stereocenters. The van der Waals surface area contributed by atoms with E-state index in [1.807, 2.05) is 18.3 Å². The molecule has 0 amide bonds. The highest BCUT2D eigenvalue weighted by atomic mass is 15.1. The van der Waals surface area contributed by atoms with Crippen molar-refractivity contribution in [2.75, 3.05) is 25.4 Å². The van der Waals surface area contributed by atoms with Crippen LogP contribution in [0.15, 0.2) is 24.5 Å². The summed E-state index contributed by atoms with van der Waals surface area (Å²) in [5.41, 5.74) is 7.81. The van der Waals surface area contributed by atoms with E-state index in [2.05, 4.69) is 27.4 Å². The fraction of sp³-hybridized carbons (Fsp3) is 0.500. The summed E-state index contributed by atoms with van der Waals surface area (Å²) < 4.78 is 2.15. The number of pyridine rings is 1. The summed E-state index contributed by atoms with van der Waals surface area (Å²) in [4.78, 5) is 7.10. The van der Waals surface area contributed by atoms with Crippen molar-refractivity contribution in [2.24, 2.45) is 0 Å². The highest BCUT2D eigenvalue weighted by Crippen LogP contribution is 2.28. The Kier molecular flexibility index (Phi) is 2.96. The van der Waals surface area contributed by atoms with Crippen molar-refractivity contribution < 1.29 is 0 Å². The SMILES string of the molecule is CCN1CCC(c2ncc3c(N)cccn23)CC1. The quantitative estimate of drug-likeness (QED) is 0.880. The molecule has 1 aliphatic rings. The van der Waals surface area contributed by atoms with E-state index in [-0.39, 0.29) is 0 Å². The molecule has 1 saturated heterocycles.